The molecule has 1 aliphatic carbocycles. The minimum Gasteiger partial charge on any atom is -0.497 e. The molecule has 0 heterocycles. The second-order valence-electron chi connectivity index (χ2n) is 7.58. The van der Waals surface area contributed by atoms with E-state index in [2.05, 4.69) is 31.1 Å². The van der Waals surface area contributed by atoms with Crippen LogP contribution >= 0.6 is 12.2 Å². The molecule has 2 aromatic carbocycles. The molecule has 1 unspecified atom stereocenters. The third-order valence-corrected chi connectivity index (χ3v) is 5.42. The summed E-state index contributed by atoms with van der Waals surface area (Å²) in [5.74, 6) is 2.29. The third kappa shape index (κ3) is 5.46. The Morgan fingerprint density at radius 1 is 1.04 bits per heavy atom. The highest BCUT2D eigenvalue weighted by Gasteiger charge is 2.37. The van der Waals surface area contributed by atoms with Crippen LogP contribution in [0.4, 0.5) is 0 Å². The molecule has 0 saturated heterocycles. The van der Waals surface area contributed by atoms with E-state index in [0.717, 1.165) is 25.1 Å². The zero-order valence-electron chi connectivity index (χ0n) is 16.8. The highest BCUT2D eigenvalue weighted by atomic mass is 32.1. The van der Waals surface area contributed by atoms with E-state index in [4.69, 9.17) is 26.4 Å². The third-order valence-electron chi connectivity index (χ3n) is 5.24. The highest BCUT2D eigenvalue weighted by Crippen LogP contribution is 2.41. The maximum atomic E-state index is 6.20. The Labute approximate surface area is 173 Å². The predicted molar refractivity (Wildman–Crippen MR) is 116 cm³/mol. The van der Waals surface area contributed by atoms with Gasteiger partial charge in [-0.15, -0.1) is 0 Å². The molecule has 150 valence electrons. The molecule has 1 fully saturated rings. The molecule has 2 aromatic rings. The van der Waals surface area contributed by atoms with Crippen LogP contribution in [0.25, 0.3) is 0 Å². The largest absolute Gasteiger partial charge is 0.497 e. The number of para-hydroxylation sites is 1. The SMILES string of the molecule is COc1cccc([C@H]2C(OC(=S)Oc3ccccc3)CCC[C@H]2CN(C)C)c1. The Morgan fingerprint density at radius 2 is 1.79 bits per heavy atom. The van der Waals surface area contributed by atoms with Crippen LogP contribution in [-0.4, -0.2) is 44.0 Å². The van der Waals surface area contributed by atoms with Gasteiger partial charge in [-0.25, -0.2) is 0 Å². The van der Waals surface area contributed by atoms with Crippen LogP contribution in [0.3, 0.4) is 0 Å². The van der Waals surface area contributed by atoms with E-state index in [1.54, 1.807) is 7.11 Å². The van der Waals surface area contributed by atoms with Gasteiger partial charge < -0.3 is 19.1 Å². The van der Waals surface area contributed by atoms with Gasteiger partial charge in [0.1, 0.15) is 17.6 Å². The number of nitrogens with zero attached hydrogens (tertiary/aromatic N) is 1. The fourth-order valence-corrected chi connectivity index (χ4v) is 4.34. The van der Waals surface area contributed by atoms with Gasteiger partial charge >= 0.3 is 5.24 Å². The number of thiocarbonyl (C=S) groups is 1. The quantitative estimate of drug-likeness (QED) is 0.646. The summed E-state index contributed by atoms with van der Waals surface area (Å²) >= 11 is 5.42. The summed E-state index contributed by atoms with van der Waals surface area (Å²) in [7, 11) is 5.95. The van der Waals surface area contributed by atoms with Crippen molar-refractivity contribution >= 4 is 17.5 Å². The van der Waals surface area contributed by atoms with Crippen molar-refractivity contribution < 1.29 is 14.2 Å². The van der Waals surface area contributed by atoms with Crippen LogP contribution in [0.1, 0.15) is 30.7 Å². The average Bonchev–Trinajstić information content (AvgIpc) is 2.68. The van der Waals surface area contributed by atoms with E-state index in [1.807, 2.05) is 42.5 Å². The Balaban J connectivity index is 1.80. The van der Waals surface area contributed by atoms with Gasteiger partial charge in [-0.3, -0.25) is 0 Å². The lowest BCUT2D eigenvalue weighted by Gasteiger charge is -2.39. The van der Waals surface area contributed by atoms with E-state index >= 15 is 0 Å². The summed E-state index contributed by atoms with van der Waals surface area (Å²) in [6.07, 6.45) is 3.25. The minimum absolute atomic E-state index is 0.0120. The zero-order valence-corrected chi connectivity index (χ0v) is 17.7. The highest BCUT2D eigenvalue weighted by molar-refractivity contribution is 7.79. The second kappa shape index (κ2) is 9.89. The van der Waals surface area contributed by atoms with Gasteiger partial charge in [0.2, 0.25) is 0 Å². The van der Waals surface area contributed by atoms with Crippen LogP contribution in [0.15, 0.2) is 54.6 Å². The van der Waals surface area contributed by atoms with Gasteiger partial charge in [-0.05, 0) is 69.1 Å². The first-order valence-electron chi connectivity index (χ1n) is 9.79. The topological polar surface area (TPSA) is 30.9 Å². The molecule has 0 radical (unpaired) electrons. The lowest BCUT2D eigenvalue weighted by Crippen LogP contribution is -2.39. The monoisotopic (exact) mass is 399 g/mol. The molecular formula is C23H29NO3S. The number of hydrogen-bond donors (Lipinski definition) is 0. The molecule has 0 spiro atoms. The molecule has 0 N–H and O–H groups in total. The summed E-state index contributed by atoms with van der Waals surface area (Å²) < 4.78 is 17.4. The van der Waals surface area contributed by atoms with Crippen molar-refractivity contribution in [3.63, 3.8) is 0 Å². The Bertz CT molecular complexity index is 765. The van der Waals surface area contributed by atoms with Crippen molar-refractivity contribution in [3.05, 3.63) is 60.2 Å². The number of benzene rings is 2. The second-order valence-corrected chi connectivity index (χ2v) is 7.91. The molecule has 3 atom stereocenters. The fourth-order valence-electron chi connectivity index (χ4n) is 4.12. The van der Waals surface area contributed by atoms with Gasteiger partial charge in [-0.1, -0.05) is 30.3 Å². The molecule has 0 aromatic heterocycles. The van der Waals surface area contributed by atoms with Gasteiger partial charge in [0.15, 0.2) is 0 Å². The van der Waals surface area contributed by atoms with E-state index in [-0.39, 0.29) is 17.3 Å². The molecule has 3 rings (SSSR count). The van der Waals surface area contributed by atoms with Crippen molar-refractivity contribution in [2.24, 2.45) is 5.92 Å². The number of hydrogen-bond acceptors (Lipinski definition) is 5. The van der Waals surface area contributed by atoms with Gasteiger partial charge in [-0.2, -0.15) is 0 Å². The van der Waals surface area contributed by atoms with Crippen molar-refractivity contribution in [2.75, 3.05) is 27.7 Å². The summed E-state index contributed by atoms with van der Waals surface area (Å²) in [5.41, 5.74) is 1.23. The van der Waals surface area contributed by atoms with E-state index in [9.17, 15) is 0 Å². The maximum Gasteiger partial charge on any atom is 0.358 e. The van der Waals surface area contributed by atoms with Crippen LogP contribution in [0, 0.1) is 5.92 Å². The maximum absolute atomic E-state index is 6.20. The van der Waals surface area contributed by atoms with Crippen LogP contribution in [-0.2, 0) is 4.74 Å². The smallest absolute Gasteiger partial charge is 0.358 e. The van der Waals surface area contributed by atoms with Crippen molar-refractivity contribution in [1.82, 2.24) is 4.90 Å². The lowest BCUT2D eigenvalue weighted by molar-refractivity contribution is 0.0599. The normalized spacial score (nSPS) is 21.9. The Hall–Kier alpha value is -2.11. The number of methoxy groups -OCH3 is 1. The Kier molecular flexibility index (Phi) is 7.29. The Morgan fingerprint density at radius 3 is 2.50 bits per heavy atom. The van der Waals surface area contributed by atoms with Crippen LogP contribution in [0.2, 0.25) is 0 Å². The summed E-state index contributed by atoms with van der Waals surface area (Å²) in [5, 5.41) is 0.189. The first kappa shape index (κ1) is 20.6. The first-order chi connectivity index (χ1) is 13.6. The van der Waals surface area contributed by atoms with Gasteiger partial charge in [0, 0.05) is 24.7 Å². The summed E-state index contributed by atoms with van der Waals surface area (Å²) in [4.78, 5) is 2.25. The molecular weight excluding hydrogens is 370 g/mol. The van der Waals surface area contributed by atoms with Gasteiger partial charge in [0.25, 0.3) is 0 Å². The van der Waals surface area contributed by atoms with Crippen molar-refractivity contribution in [1.29, 1.82) is 0 Å². The van der Waals surface area contributed by atoms with Crippen LogP contribution in [0.5, 0.6) is 11.5 Å². The molecule has 4 nitrogen and oxygen atoms in total. The first-order valence-corrected chi connectivity index (χ1v) is 10.2. The molecule has 5 heteroatoms. The van der Waals surface area contributed by atoms with Gasteiger partial charge in [0.05, 0.1) is 7.11 Å². The van der Waals surface area contributed by atoms with Crippen molar-refractivity contribution in [3.8, 4) is 11.5 Å². The minimum atomic E-state index is -0.0120. The molecule has 0 aliphatic heterocycles. The van der Waals surface area contributed by atoms with E-state index in [0.29, 0.717) is 11.7 Å². The molecule has 1 aliphatic rings. The number of ether oxygens (including phenoxy) is 3. The van der Waals surface area contributed by atoms with E-state index in [1.165, 1.54) is 12.0 Å². The average molecular weight is 400 g/mol. The summed E-state index contributed by atoms with van der Waals surface area (Å²) in [6.45, 7) is 1.01. The van der Waals surface area contributed by atoms with Crippen LogP contribution < -0.4 is 9.47 Å². The summed E-state index contributed by atoms with van der Waals surface area (Å²) in [6, 6.07) is 17.9. The number of rotatable bonds is 6. The fraction of sp³-hybridized carbons (Fsp3) is 0.435. The van der Waals surface area contributed by atoms with Crippen molar-refractivity contribution in [2.45, 2.75) is 31.3 Å². The zero-order chi connectivity index (χ0) is 19.9. The molecule has 1 saturated carbocycles. The standard InChI is InChI=1S/C23H29NO3S/c1-24(2)16-18-10-8-14-21(22(18)17-9-7-13-20(15-17)25-3)27-23(28)26-19-11-5-4-6-12-19/h4-7,9,11-13,15,18,21-22H,8,10,14,16H2,1-3H3/t18-,21?,22+/m0/s1. The molecule has 28 heavy (non-hydrogen) atoms. The van der Waals surface area contributed by atoms with E-state index < -0.39 is 0 Å². The lowest BCUT2D eigenvalue weighted by atomic mass is 9.73. The molecule has 0 bridgehead atoms. The predicted octanol–water partition coefficient (Wildman–Crippen LogP) is 4.89. The molecule has 0 amide bonds.